The summed E-state index contributed by atoms with van der Waals surface area (Å²) in [4.78, 5) is 16.4. The molecule has 1 aromatic rings. The van der Waals surface area contributed by atoms with Gasteiger partial charge in [-0.15, -0.1) is 0 Å². The maximum atomic E-state index is 12.7. The molecule has 0 fully saturated rings. The van der Waals surface area contributed by atoms with E-state index >= 15 is 0 Å². The first-order valence-corrected chi connectivity index (χ1v) is 5.98. The molecular weight excluding hydrogens is 287 g/mol. The largest absolute Gasteiger partial charge is 0.465 e. The lowest BCUT2D eigenvalue weighted by Crippen LogP contribution is -2.27. The summed E-state index contributed by atoms with van der Waals surface area (Å²) in [7, 11) is 2.59. The Morgan fingerprint density at radius 1 is 1.52 bits per heavy atom. The first-order chi connectivity index (χ1) is 9.70. The second-order valence-electron chi connectivity index (χ2n) is 4.47. The van der Waals surface area contributed by atoms with Gasteiger partial charge in [0.05, 0.1) is 19.1 Å². The predicted octanol–water partition coefficient (Wildman–Crippen LogP) is 2.48. The van der Waals surface area contributed by atoms with Crippen molar-refractivity contribution in [3.05, 3.63) is 23.4 Å². The second-order valence-corrected chi connectivity index (χ2v) is 4.47. The Morgan fingerprint density at radius 3 is 2.62 bits per heavy atom. The van der Waals surface area contributed by atoms with E-state index in [0.717, 1.165) is 19.2 Å². The molecule has 0 saturated carbocycles. The van der Waals surface area contributed by atoms with Crippen molar-refractivity contribution in [1.29, 1.82) is 5.26 Å². The highest BCUT2D eigenvalue weighted by Crippen LogP contribution is 2.30. The van der Waals surface area contributed by atoms with Gasteiger partial charge < -0.3 is 9.64 Å². The molecule has 21 heavy (non-hydrogen) atoms. The number of anilines is 1. The van der Waals surface area contributed by atoms with Gasteiger partial charge in [-0.25, -0.2) is 9.78 Å². The summed E-state index contributed by atoms with van der Waals surface area (Å²) >= 11 is 0. The summed E-state index contributed by atoms with van der Waals surface area (Å²) in [6.45, 7) is 1.75. The van der Waals surface area contributed by atoms with Crippen molar-refractivity contribution in [2.24, 2.45) is 5.92 Å². The van der Waals surface area contributed by atoms with Crippen LogP contribution in [-0.4, -0.2) is 31.7 Å². The van der Waals surface area contributed by atoms with Crippen molar-refractivity contribution in [2.75, 3.05) is 25.6 Å². The van der Waals surface area contributed by atoms with Crippen molar-refractivity contribution >= 4 is 11.8 Å². The van der Waals surface area contributed by atoms with Gasteiger partial charge >= 0.3 is 12.1 Å². The van der Waals surface area contributed by atoms with Crippen molar-refractivity contribution in [1.82, 2.24) is 4.98 Å². The normalized spacial score (nSPS) is 12.4. The molecule has 5 nitrogen and oxygen atoms in total. The van der Waals surface area contributed by atoms with E-state index in [1.165, 1.54) is 11.9 Å². The third kappa shape index (κ3) is 4.08. The van der Waals surface area contributed by atoms with Gasteiger partial charge in [-0.05, 0) is 19.1 Å². The molecule has 0 aliphatic rings. The van der Waals surface area contributed by atoms with E-state index in [1.54, 1.807) is 6.92 Å². The van der Waals surface area contributed by atoms with Crippen LogP contribution in [0.25, 0.3) is 0 Å². The average Bonchev–Trinajstić information content (AvgIpc) is 2.44. The highest BCUT2D eigenvalue weighted by atomic mass is 19.4. The Hall–Kier alpha value is -2.30. The van der Waals surface area contributed by atoms with Crippen LogP contribution < -0.4 is 4.90 Å². The van der Waals surface area contributed by atoms with Gasteiger partial charge in [0.2, 0.25) is 0 Å². The molecule has 0 bridgehead atoms. The highest BCUT2D eigenvalue weighted by Gasteiger charge is 2.34. The van der Waals surface area contributed by atoms with E-state index in [4.69, 9.17) is 5.26 Å². The number of nitriles is 1. The topological polar surface area (TPSA) is 66.2 Å². The second kappa shape index (κ2) is 6.43. The lowest BCUT2D eigenvalue weighted by molar-refractivity contribution is -0.141. The number of alkyl halides is 3. The fourth-order valence-corrected chi connectivity index (χ4v) is 1.70. The summed E-state index contributed by atoms with van der Waals surface area (Å²) < 4.78 is 42.7. The monoisotopic (exact) mass is 301 g/mol. The minimum atomic E-state index is -4.62. The zero-order valence-electron chi connectivity index (χ0n) is 11.7. The van der Waals surface area contributed by atoms with Crippen LogP contribution in [0, 0.1) is 17.2 Å². The third-order valence-electron chi connectivity index (χ3n) is 2.70. The summed E-state index contributed by atoms with van der Waals surface area (Å²) in [6, 6.07) is 3.70. The van der Waals surface area contributed by atoms with E-state index in [-0.39, 0.29) is 17.9 Å². The number of hydrogen-bond acceptors (Lipinski definition) is 5. The van der Waals surface area contributed by atoms with Gasteiger partial charge in [0.1, 0.15) is 17.1 Å². The van der Waals surface area contributed by atoms with E-state index in [0.29, 0.717) is 0 Å². The number of pyridine rings is 1. The molecular formula is C13H14F3N3O2. The number of hydrogen-bond donors (Lipinski definition) is 0. The minimum Gasteiger partial charge on any atom is -0.465 e. The average molecular weight is 301 g/mol. The van der Waals surface area contributed by atoms with Crippen LogP contribution in [0.4, 0.5) is 19.0 Å². The zero-order chi connectivity index (χ0) is 16.2. The van der Waals surface area contributed by atoms with Gasteiger partial charge in [0.15, 0.2) is 0 Å². The maximum Gasteiger partial charge on any atom is 0.433 e. The van der Waals surface area contributed by atoms with E-state index < -0.39 is 23.8 Å². The molecule has 0 aromatic carbocycles. The molecule has 114 valence electrons. The molecule has 0 aliphatic heterocycles. The van der Waals surface area contributed by atoms with Crippen molar-refractivity contribution < 1.29 is 22.7 Å². The number of nitrogens with zero attached hydrogens (tertiary/aromatic N) is 3. The van der Waals surface area contributed by atoms with E-state index in [9.17, 15) is 18.0 Å². The first-order valence-electron chi connectivity index (χ1n) is 5.98. The van der Waals surface area contributed by atoms with E-state index in [1.807, 2.05) is 6.07 Å². The summed E-state index contributed by atoms with van der Waals surface area (Å²) in [5, 5.41) is 8.77. The van der Waals surface area contributed by atoms with Gasteiger partial charge in [-0.1, -0.05) is 0 Å². The van der Waals surface area contributed by atoms with E-state index in [2.05, 4.69) is 9.72 Å². The van der Waals surface area contributed by atoms with Crippen molar-refractivity contribution in [2.45, 2.75) is 13.1 Å². The highest BCUT2D eigenvalue weighted by molar-refractivity contribution is 5.94. The van der Waals surface area contributed by atoms with Crippen LogP contribution >= 0.6 is 0 Å². The molecule has 1 aromatic heterocycles. The number of ether oxygens (including phenoxy) is 1. The SMILES string of the molecule is COC(=O)c1ccc(C(F)(F)F)nc1N(C)C[C@@H](C)C#N. The van der Waals surface area contributed by atoms with Gasteiger partial charge in [-0.3, -0.25) is 0 Å². The predicted molar refractivity (Wildman–Crippen MR) is 68.6 cm³/mol. The quantitative estimate of drug-likeness (QED) is 0.799. The molecule has 0 N–H and O–H groups in total. The Bertz CT molecular complexity index is 567. The van der Waals surface area contributed by atoms with Crippen LogP contribution in [-0.2, 0) is 10.9 Å². The fourth-order valence-electron chi connectivity index (χ4n) is 1.70. The van der Waals surface area contributed by atoms with Gasteiger partial charge in [0.25, 0.3) is 0 Å². The number of esters is 1. The molecule has 0 radical (unpaired) electrons. The summed E-state index contributed by atoms with van der Waals surface area (Å²) in [6.07, 6.45) is -4.62. The molecule has 1 heterocycles. The first kappa shape index (κ1) is 16.8. The number of rotatable bonds is 4. The Balaban J connectivity index is 3.29. The number of methoxy groups -OCH3 is 1. The van der Waals surface area contributed by atoms with Crippen LogP contribution in [0.5, 0.6) is 0 Å². The fraction of sp³-hybridized carbons (Fsp3) is 0.462. The molecule has 0 amide bonds. The summed E-state index contributed by atoms with van der Waals surface area (Å²) in [5.74, 6) is -1.39. The Kier molecular flexibility index (Phi) is 5.13. The number of halogens is 3. The standard InChI is InChI=1S/C13H14F3N3O2/c1-8(6-17)7-19(2)11-9(12(20)21-3)4-5-10(18-11)13(14,15)16/h4-5,8H,7H2,1-3H3/t8-/m0/s1. The molecule has 1 atom stereocenters. The minimum absolute atomic E-state index is 0.0851. The van der Waals surface area contributed by atoms with Crippen LogP contribution in [0.1, 0.15) is 23.0 Å². The lowest BCUT2D eigenvalue weighted by Gasteiger charge is -2.22. The van der Waals surface area contributed by atoms with Gasteiger partial charge in [-0.2, -0.15) is 18.4 Å². The van der Waals surface area contributed by atoms with Gasteiger partial charge in [0, 0.05) is 13.6 Å². The van der Waals surface area contributed by atoms with Crippen molar-refractivity contribution in [3.63, 3.8) is 0 Å². The van der Waals surface area contributed by atoms with Crippen LogP contribution in [0.2, 0.25) is 0 Å². The molecule has 0 unspecified atom stereocenters. The number of carbonyl (C=O) groups is 1. The summed E-state index contributed by atoms with van der Waals surface area (Å²) in [5.41, 5.74) is -1.19. The Morgan fingerprint density at radius 2 is 2.14 bits per heavy atom. The molecule has 8 heteroatoms. The third-order valence-corrected chi connectivity index (χ3v) is 2.70. The lowest BCUT2D eigenvalue weighted by atomic mass is 10.1. The Labute approximate surface area is 119 Å². The molecule has 0 saturated heterocycles. The van der Waals surface area contributed by atoms with Crippen LogP contribution in [0.15, 0.2) is 12.1 Å². The number of aromatic nitrogens is 1. The van der Waals surface area contributed by atoms with Crippen LogP contribution in [0.3, 0.4) is 0 Å². The van der Waals surface area contributed by atoms with Crippen molar-refractivity contribution in [3.8, 4) is 6.07 Å². The molecule has 0 aliphatic carbocycles. The number of carbonyl (C=O) groups excluding carboxylic acids is 1. The smallest absolute Gasteiger partial charge is 0.433 e. The molecule has 0 spiro atoms. The zero-order valence-corrected chi connectivity index (χ0v) is 11.7. The molecule has 1 rings (SSSR count). The maximum absolute atomic E-state index is 12.7.